The molecule has 0 atom stereocenters. The number of anilines is 1. The minimum Gasteiger partial charge on any atom is -0.494 e. The highest BCUT2D eigenvalue weighted by atomic mass is 32.2. The van der Waals surface area contributed by atoms with Crippen LogP contribution in [0.15, 0.2) is 24.3 Å². The van der Waals surface area contributed by atoms with Gasteiger partial charge in [0.2, 0.25) is 10.0 Å². The van der Waals surface area contributed by atoms with Crippen LogP contribution in [0.25, 0.3) is 0 Å². The second-order valence-corrected chi connectivity index (χ2v) is 6.09. The molecule has 0 spiro atoms. The van der Waals surface area contributed by atoms with Crippen LogP contribution in [0.2, 0.25) is 0 Å². The van der Waals surface area contributed by atoms with Crippen molar-refractivity contribution >= 4 is 27.8 Å². The molecule has 0 aromatic heterocycles. The van der Waals surface area contributed by atoms with E-state index in [4.69, 9.17) is 4.74 Å². The van der Waals surface area contributed by atoms with Crippen LogP contribution in [-0.2, 0) is 10.0 Å². The number of sulfonamides is 1. The normalized spacial score (nSPS) is 10.6. The maximum atomic E-state index is 11.6. The molecule has 4 amide bonds. The van der Waals surface area contributed by atoms with Crippen LogP contribution in [0.1, 0.15) is 6.92 Å². The van der Waals surface area contributed by atoms with Crippen LogP contribution in [0, 0.1) is 0 Å². The Hall–Kier alpha value is -2.29. The maximum Gasteiger partial charge on any atom is 0.338 e. The minimum atomic E-state index is -3.71. The Kier molecular flexibility index (Phi) is 5.53. The highest BCUT2D eigenvalue weighted by Crippen LogP contribution is 2.15. The summed E-state index contributed by atoms with van der Waals surface area (Å²) >= 11 is 0. The fraction of sp³-hybridized carbons (Fsp3) is 0.333. The van der Waals surface area contributed by atoms with E-state index in [0.29, 0.717) is 22.3 Å². The van der Waals surface area contributed by atoms with Gasteiger partial charge in [0.1, 0.15) is 5.75 Å². The van der Waals surface area contributed by atoms with E-state index in [9.17, 15) is 18.0 Å². The number of urea groups is 2. The Morgan fingerprint density at radius 2 is 1.81 bits per heavy atom. The summed E-state index contributed by atoms with van der Waals surface area (Å²) in [6.07, 6.45) is 0.858. The Bertz CT molecular complexity index is 612. The van der Waals surface area contributed by atoms with Crippen LogP contribution in [0.5, 0.6) is 5.75 Å². The first-order chi connectivity index (χ1) is 9.74. The molecule has 8 nitrogen and oxygen atoms in total. The smallest absolute Gasteiger partial charge is 0.338 e. The summed E-state index contributed by atoms with van der Waals surface area (Å²) in [5.41, 5.74) is 0.436. The van der Waals surface area contributed by atoms with Crippen LogP contribution >= 0.6 is 0 Å². The summed E-state index contributed by atoms with van der Waals surface area (Å²) in [7, 11) is -2.66. The number of amides is 4. The van der Waals surface area contributed by atoms with Crippen molar-refractivity contribution in [3.05, 3.63) is 24.3 Å². The summed E-state index contributed by atoms with van der Waals surface area (Å²) in [5, 5.41) is 4.30. The van der Waals surface area contributed by atoms with Crippen molar-refractivity contribution in [2.24, 2.45) is 0 Å². The van der Waals surface area contributed by atoms with E-state index in [2.05, 4.69) is 5.32 Å². The Labute approximate surface area is 123 Å². The standard InChI is InChI=1S/C12H17N3O5S/c1-4-20-10-7-5-9(6-8-10)13-11(16)14-12(17)15(2)21(3,18)19/h5-8H,4H2,1-3H3,(H2,13,14,16,17). The average molecular weight is 315 g/mol. The van der Waals surface area contributed by atoms with Crippen molar-refractivity contribution in [3.63, 3.8) is 0 Å². The quantitative estimate of drug-likeness (QED) is 0.869. The minimum absolute atomic E-state index is 0.435. The van der Waals surface area contributed by atoms with Gasteiger partial charge in [-0.1, -0.05) is 0 Å². The van der Waals surface area contributed by atoms with Crippen molar-refractivity contribution in [2.75, 3.05) is 25.2 Å². The lowest BCUT2D eigenvalue weighted by atomic mass is 10.3. The third kappa shape index (κ3) is 5.30. The van der Waals surface area contributed by atoms with E-state index in [1.54, 1.807) is 24.3 Å². The van der Waals surface area contributed by atoms with Gasteiger partial charge in [-0.05, 0) is 31.2 Å². The van der Waals surface area contributed by atoms with Gasteiger partial charge in [0.15, 0.2) is 0 Å². The highest BCUT2D eigenvalue weighted by molar-refractivity contribution is 7.88. The monoisotopic (exact) mass is 315 g/mol. The average Bonchev–Trinajstić information content (AvgIpc) is 2.39. The Balaban J connectivity index is 2.59. The molecule has 0 unspecified atom stereocenters. The van der Waals surface area contributed by atoms with Gasteiger partial charge in [-0.3, -0.25) is 5.32 Å². The highest BCUT2D eigenvalue weighted by Gasteiger charge is 2.20. The lowest BCUT2D eigenvalue weighted by Gasteiger charge is -2.15. The molecular weight excluding hydrogens is 298 g/mol. The number of rotatable bonds is 4. The summed E-state index contributed by atoms with van der Waals surface area (Å²) in [4.78, 5) is 23.1. The summed E-state index contributed by atoms with van der Waals surface area (Å²) in [6, 6.07) is 4.62. The third-order valence-corrected chi connectivity index (χ3v) is 3.59. The lowest BCUT2D eigenvalue weighted by molar-refractivity contribution is 0.223. The van der Waals surface area contributed by atoms with Gasteiger partial charge in [-0.15, -0.1) is 0 Å². The summed E-state index contributed by atoms with van der Waals surface area (Å²) in [5.74, 6) is 0.649. The van der Waals surface area contributed by atoms with Crippen LogP contribution in [0.4, 0.5) is 15.3 Å². The zero-order valence-electron chi connectivity index (χ0n) is 11.9. The van der Waals surface area contributed by atoms with E-state index in [1.807, 2.05) is 12.2 Å². The molecule has 0 heterocycles. The molecule has 2 N–H and O–H groups in total. The van der Waals surface area contributed by atoms with E-state index in [-0.39, 0.29) is 0 Å². The van der Waals surface area contributed by atoms with E-state index in [0.717, 1.165) is 13.3 Å². The molecule has 0 aliphatic rings. The molecule has 0 aliphatic heterocycles. The first-order valence-electron chi connectivity index (χ1n) is 6.02. The molecule has 0 saturated carbocycles. The molecule has 0 fully saturated rings. The van der Waals surface area contributed by atoms with Gasteiger partial charge in [-0.2, -0.15) is 0 Å². The topological polar surface area (TPSA) is 105 Å². The number of hydrogen-bond donors (Lipinski definition) is 2. The van der Waals surface area contributed by atoms with E-state index in [1.165, 1.54) is 0 Å². The predicted molar refractivity (Wildman–Crippen MR) is 77.8 cm³/mol. The Morgan fingerprint density at radius 1 is 1.24 bits per heavy atom. The number of imide groups is 1. The molecule has 0 radical (unpaired) electrons. The molecular formula is C12H17N3O5S. The molecule has 1 aromatic carbocycles. The summed E-state index contributed by atoms with van der Waals surface area (Å²) in [6.45, 7) is 2.38. The molecule has 1 rings (SSSR count). The van der Waals surface area contributed by atoms with Gasteiger partial charge in [0.25, 0.3) is 0 Å². The number of nitrogens with one attached hydrogen (secondary N) is 2. The van der Waals surface area contributed by atoms with Crippen molar-refractivity contribution in [3.8, 4) is 5.75 Å². The molecule has 0 saturated heterocycles. The molecule has 1 aromatic rings. The SMILES string of the molecule is CCOc1ccc(NC(=O)NC(=O)N(C)S(C)(=O)=O)cc1. The van der Waals surface area contributed by atoms with Gasteiger partial charge < -0.3 is 10.1 Å². The lowest BCUT2D eigenvalue weighted by Crippen LogP contribution is -2.44. The van der Waals surface area contributed by atoms with E-state index < -0.39 is 22.1 Å². The van der Waals surface area contributed by atoms with Gasteiger partial charge >= 0.3 is 12.1 Å². The number of nitrogens with zero attached hydrogens (tertiary/aromatic N) is 1. The van der Waals surface area contributed by atoms with Crippen LogP contribution < -0.4 is 15.4 Å². The van der Waals surface area contributed by atoms with Gasteiger partial charge in [0, 0.05) is 12.7 Å². The largest absolute Gasteiger partial charge is 0.494 e. The molecule has 0 bridgehead atoms. The first-order valence-corrected chi connectivity index (χ1v) is 7.87. The van der Waals surface area contributed by atoms with Crippen molar-refractivity contribution < 1.29 is 22.7 Å². The fourth-order valence-corrected chi connectivity index (χ4v) is 1.64. The molecule has 0 aliphatic carbocycles. The van der Waals surface area contributed by atoms with Crippen LogP contribution in [0.3, 0.4) is 0 Å². The Morgan fingerprint density at radius 3 is 2.29 bits per heavy atom. The summed E-state index contributed by atoms with van der Waals surface area (Å²) < 4.78 is 27.9. The van der Waals surface area contributed by atoms with Crippen molar-refractivity contribution in [1.82, 2.24) is 9.62 Å². The third-order valence-electron chi connectivity index (χ3n) is 2.43. The molecule has 9 heteroatoms. The fourth-order valence-electron chi connectivity index (χ4n) is 1.29. The van der Waals surface area contributed by atoms with Crippen molar-refractivity contribution in [2.45, 2.75) is 6.92 Å². The number of hydrogen-bond acceptors (Lipinski definition) is 5. The maximum absolute atomic E-state index is 11.6. The first kappa shape index (κ1) is 16.8. The van der Waals surface area contributed by atoms with Crippen molar-refractivity contribution in [1.29, 1.82) is 0 Å². The second-order valence-electron chi connectivity index (χ2n) is 4.07. The second kappa shape index (κ2) is 6.93. The zero-order valence-corrected chi connectivity index (χ0v) is 12.7. The van der Waals surface area contributed by atoms with Crippen LogP contribution in [-0.4, -0.2) is 44.7 Å². The van der Waals surface area contributed by atoms with Gasteiger partial charge in [0.05, 0.1) is 12.9 Å². The number of carbonyl (C=O) groups excluding carboxylic acids is 2. The molecule has 21 heavy (non-hydrogen) atoms. The number of carbonyl (C=O) groups is 2. The number of ether oxygens (including phenoxy) is 1. The zero-order chi connectivity index (χ0) is 16.0. The van der Waals surface area contributed by atoms with Gasteiger partial charge in [-0.25, -0.2) is 22.3 Å². The molecule has 116 valence electrons. The van der Waals surface area contributed by atoms with E-state index >= 15 is 0 Å². The predicted octanol–water partition coefficient (Wildman–Crippen LogP) is 1.22. The number of benzene rings is 1.